The molecular formula is C20H29F2IN6O. The van der Waals surface area contributed by atoms with Crippen molar-refractivity contribution in [2.45, 2.75) is 12.6 Å². The van der Waals surface area contributed by atoms with E-state index >= 15 is 0 Å². The Morgan fingerprint density at radius 1 is 1.20 bits per heavy atom. The Labute approximate surface area is 193 Å². The van der Waals surface area contributed by atoms with Crippen LogP contribution in [0.4, 0.5) is 8.78 Å². The average Bonchev–Trinajstić information content (AvgIpc) is 3.20. The number of halogens is 3. The number of aromatic nitrogens is 1. The molecule has 1 atom stereocenters. The van der Waals surface area contributed by atoms with E-state index in [4.69, 9.17) is 4.52 Å². The minimum absolute atomic E-state index is 0. The largest absolute Gasteiger partial charge is 0.364 e. The van der Waals surface area contributed by atoms with Gasteiger partial charge < -0.3 is 19.6 Å². The molecule has 2 aromatic rings. The Hall–Kier alpha value is -1.79. The zero-order chi connectivity index (χ0) is 20.8. The molecule has 0 amide bonds. The van der Waals surface area contributed by atoms with Gasteiger partial charge in [0.15, 0.2) is 5.96 Å². The lowest BCUT2D eigenvalue weighted by molar-refractivity contribution is 0.168. The fourth-order valence-electron chi connectivity index (χ4n) is 3.56. The number of piperazine rings is 1. The SMILES string of the molecule is CN=C(NCC(c1c(F)cccc1F)N(C)C)N1CCN(Cc2ccon2)CC1.I. The highest BCUT2D eigenvalue weighted by molar-refractivity contribution is 14.0. The Bertz CT molecular complexity index is 789. The minimum Gasteiger partial charge on any atom is -0.364 e. The van der Waals surface area contributed by atoms with Crippen LogP contribution in [0.1, 0.15) is 17.3 Å². The van der Waals surface area contributed by atoms with Gasteiger partial charge in [0.25, 0.3) is 0 Å². The maximum atomic E-state index is 14.3. The monoisotopic (exact) mass is 534 g/mol. The van der Waals surface area contributed by atoms with E-state index in [1.165, 1.54) is 18.2 Å². The third-order valence-corrected chi connectivity index (χ3v) is 5.17. The van der Waals surface area contributed by atoms with Crippen molar-refractivity contribution in [3.8, 4) is 0 Å². The molecule has 10 heteroatoms. The Balaban J connectivity index is 0.00000320. The summed E-state index contributed by atoms with van der Waals surface area (Å²) < 4.78 is 33.4. The predicted octanol–water partition coefficient (Wildman–Crippen LogP) is 2.57. The van der Waals surface area contributed by atoms with Crippen LogP contribution in [0.2, 0.25) is 0 Å². The molecule has 1 aliphatic heterocycles. The van der Waals surface area contributed by atoms with Crippen LogP contribution in [-0.2, 0) is 6.54 Å². The number of nitrogens with zero attached hydrogens (tertiary/aromatic N) is 5. The van der Waals surface area contributed by atoms with Gasteiger partial charge >= 0.3 is 0 Å². The van der Waals surface area contributed by atoms with Crippen LogP contribution in [0.5, 0.6) is 0 Å². The van der Waals surface area contributed by atoms with E-state index < -0.39 is 17.7 Å². The van der Waals surface area contributed by atoms with Gasteiger partial charge in [-0.3, -0.25) is 9.89 Å². The van der Waals surface area contributed by atoms with E-state index in [2.05, 4.69) is 25.3 Å². The van der Waals surface area contributed by atoms with Crippen molar-refractivity contribution < 1.29 is 13.3 Å². The fraction of sp³-hybridized carbons (Fsp3) is 0.500. The lowest BCUT2D eigenvalue weighted by Crippen LogP contribution is -2.53. The van der Waals surface area contributed by atoms with E-state index in [9.17, 15) is 8.78 Å². The first-order chi connectivity index (χ1) is 14.0. The van der Waals surface area contributed by atoms with Gasteiger partial charge in [0, 0.05) is 57.9 Å². The third-order valence-electron chi connectivity index (χ3n) is 5.17. The topological polar surface area (TPSA) is 60.1 Å². The van der Waals surface area contributed by atoms with E-state index in [1.807, 2.05) is 20.2 Å². The first-order valence-corrected chi connectivity index (χ1v) is 9.67. The Morgan fingerprint density at radius 3 is 2.40 bits per heavy atom. The number of benzene rings is 1. The van der Waals surface area contributed by atoms with Gasteiger partial charge in [-0.05, 0) is 26.2 Å². The fourth-order valence-corrected chi connectivity index (χ4v) is 3.56. The van der Waals surface area contributed by atoms with E-state index in [0.29, 0.717) is 6.54 Å². The van der Waals surface area contributed by atoms with E-state index in [0.717, 1.165) is 44.4 Å². The van der Waals surface area contributed by atoms with Crippen LogP contribution in [0, 0.1) is 11.6 Å². The van der Waals surface area contributed by atoms with Crippen molar-refractivity contribution in [2.75, 3.05) is 53.9 Å². The van der Waals surface area contributed by atoms with Gasteiger partial charge in [-0.1, -0.05) is 11.2 Å². The first kappa shape index (κ1) is 24.5. The first-order valence-electron chi connectivity index (χ1n) is 9.67. The lowest BCUT2D eigenvalue weighted by Gasteiger charge is -2.37. The second-order valence-electron chi connectivity index (χ2n) is 7.30. The van der Waals surface area contributed by atoms with Crippen molar-refractivity contribution in [3.63, 3.8) is 0 Å². The highest BCUT2D eigenvalue weighted by atomic mass is 127. The summed E-state index contributed by atoms with van der Waals surface area (Å²) in [6.07, 6.45) is 1.58. The summed E-state index contributed by atoms with van der Waals surface area (Å²) in [5, 5.41) is 7.25. The Kier molecular flexibility index (Phi) is 9.43. The van der Waals surface area contributed by atoms with Crippen molar-refractivity contribution in [1.29, 1.82) is 0 Å². The molecule has 30 heavy (non-hydrogen) atoms. The average molecular weight is 534 g/mol. The van der Waals surface area contributed by atoms with Gasteiger partial charge in [-0.25, -0.2) is 8.78 Å². The zero-order valence-corrected chi connectivity index (χ0v) is 19.8. The molecule has 1 saturated heterocycles. The summed E-state index contributed by atoms with van der Waals surface area (Å²) in [5.41, 5.74) is 0.986. The summed E-state index contributed by atoms with van der Waals surface area (Å²) in [4.78, 5) is 10.6. The molecule has 1 unspecified atom stereocenters. The molecule has 1 aromatic carbocycles. The summed E-state index contributed by atoms with van der Waals surface area (Å²) >= 11 is 0. The molecule has 1 aromatic heterocycles. The third kappa shape index (κ3) is 6.11. The smallest absolute Gasteiger partial charge is 0.193 e. The van der Waals surface area contributed by atoms with Gasteiger partial charge in [0.2, 0.25) is 0 Å². The van der Waals surface area contributed by atoms with Crippen LogP contribution in [0.25, 0.3) is 0 Å². The Morgan fingerprint density at radius 2 is 1.87 bits per heavy atom. The van der Waals surface area contributed by atoms with Crippen molar-refractivity contribution in [1.82, 2.24) is 25.2 Å². The molecule has 7 nitrogen and oxygen atoms in total. The summed E-state index contributed by atoms with van der Waals surface area (Å²) in [6.45, 7) is 4.44. The maximum Gasteiger partial charge on any atom is 0.193 e. The van der Waals surface area contributed by atoms with Crippen molar-refractivity contribution in [2.24, 2.45) is 4.99 Å². The number of likely N-dealkylation sites (N-methyl/N-ethyl adjacent to an activating group) is 1. The van der Waals surface area contributed by atoms with Crippen LogP contribution >= 0.6 is 24.0 Å². The predicted molar refractivity (Wildman–Crippen MR) is 123 cm³/mol. The van der Waals surface area contributed by atoms with Crippen LogP contribution in [0.3, 0.4) is 0 Å². The lowest BCUT2D eigenvalue weighted by atomic mass is 10.0. The van der Waals surface area contributed by atoms with Crippen LogP contribution < -0.4 is 5.32 Å². The molecule has 0 saturated carbocycles. The molecule has 0 aliphatic carbocycles. The number of aliphatic imine (C=N–C) groups is 1. The maximum absolute atomic E-state index is 14.3. The van der Waals surface area contributed by atoms with Gasteiger partial charge in [0.05, 0.1) is 11.7 Å². The van der Waals surface area contributed by atoms with Gasteiger partial charge in [-0.2, -0.15) is 0 Å². The molecule has 1 fully saturated rings. The number of hydrogen-bond acceptors (Lipinski definition) is 5. The van der Waals surface area contributed by atoms with E-state index in [-0.39, 0.29) is 29.5 Å². The molecule has 166 valence electrons. The molecule has 1 aliphatic rings. The van der Waals surface area contributed by atoms with Gasteiger partial charge in [-0.15, -0.1) is 24.0 Å². The number of nitrogens with one attached hydrogen (secondary N) is 1. The standard InChI is InChI=1S/C20H28F2N6O.HI/c1-23-20(28-10-8-27(9-11-28)14-15-7-12-29-25-15)24-13-18(26(2)3)19-16(21)5-4-6-17(19)22;/h4-7,12,18H,8-11,13-14H2,1-3H3,(H,23,24);1H. The second kappa shape index (κ2) is 11.6. The molecule has 2 heterocycles. The van der Waals surface area contributed by atoms with Gasteiger partial charge in [0.1, 0.15) is 17.9 Å². The van der Waals surface area contributed by atoms with E-state index in [1.54, 1.807) is 18.2 Å². The number of hydrogen-bond donors (Lipinski definition) is 1. The summed E-state index contributed by atoms with van der Waals surface area (Å²) in [7, 11) is 5.34. The van der Waals surface area contributed by atoms with Crippen molar-refractivity contribution >= 4 is 29.9 Å². The molecule has 3 rings (SSSR count). The molecular weight excluding hydrogens is 505 g/mol. The molecule has 0 spiro atoms. The molecule has 1 N–H and O–H groups in total. The molecule has 0 bridgehead atoms. The number of guanidine groups is 1. The van der Waals surface area contributed by atoms with Crippen LogP contribution in [0.15, 0.2) is 40.0 Å². The highest BCUT2D eigenvalue weighted by Gasteiger charge is 2.25. The number of rotatable bonds is 6. The minimum atomic E-state index is -0.540. The summed E-state index contributed by atoms with van der Waals surface area (Å²) in [5.74, 6) is -0.349. The second-order valence-corrected chi connectivity index (χ2v) is 7.30. The van der Waals surface area contributed by atoms with Crippen molar-refractivity contribution in [3.05, 3.63) is 53.4 Å². The van der Waals surface area contributed by atoms with Crippen LogP contribution in [-0.4, -0.2) is 79.7 Å². The molecule has 0 radical (unpaired) electrons. The highest BCUT2D eigenvalue weighted by Crippen LogP contribution is 2.24. The quantitative estimate of drug-likeness (QED) is 0.350. The zero-order valence-electron chi connectivity index (χ0n) is 17.5. The normalized spacial score (nSPS) is 16.5. The summed E-state index contributed by atoms with van der Waals surface area (Å²) in [6, 6.07) is 5.37.